The Bertz CT molecular complexity index is 1230. The number of benzene rings is 2. The quantitative estimate of drug-likeness (QED) is 0.257. The molecule has 0 aliphatic heterocycles. The first-order valence-corrected chi connectivity index (χ1v) is 17.0. The third-order valence-corrected chi connectivity index (χ3v) is 10.4. The summed E-state index contributed by atoms with van der Waals surface area (Å²) >= 11 is 11.5. The maximum absolute atomic E-state index is 11.8. The fourth-order valence-corrected chi connectivity index (χ4v) is 5.98. The molecular weight excluding hydrogens is 898 g/mol. The van der Waals surface area contributed by atoms with Gasteiger partial charge in [-0.05, 0) is 181 Å². The minimum absolute atomic E-state index is 0.0503. The number of hydrogen-bond acceptors (Lipinski definition) is 5. The summed E-state index contributed by atoms with van der Waals surface area (Å²) < 4.78 is 20.2. The van der Waals surface area contributed by atoms with Gasteiger partial charge < -0.3 is 29.5 Å². The molecule has 0 saturated carbocycles. The summed E-state index contributed by atoms with van der Waals surface area (Å²) in [5.41, 5.74) is 1.12. The Morgan fingerprint density at radius 1 is 0.881 bits per heavy atom. The van der Waals surface area contributed by atoms with Crippen LogP contribution in [0.2, 0.25) is 0 Å². The number of nitrogens with one attached hydrogen (secondary N) is 1. The van der Waals surface area contributed by atoms with Crippen molar-refractivity contribution in [1.29, 1.82) is 0 Å². The van der Waals surface area contributed by atoms with E-state index < -0.39 is 23.3 Å². The average Bonchev–Trinajstić information content (AvgIpc) is 2.81. The number of methoxy groups -OCH3 is 2. The van der Waals surface area contributed by atoms with Gasteiger partial charge in [-0.25, -0.2) is 9.59 Å². The molecule has 0 aromatic heterocycles. The molecule has 0 bridgehead atoms. The number of alkyl carbamates (subject to hydrolysis) is 1. The molecule has 12 heteroatoms. The second-order valence-corrected chi connectivity index (χ2v) is 15.8. The molecule has 2 atom stereocenters. The molecule has 2 aromatic rings. The van der Waals surface area contributed by atoms with E-state index in [0.717, 1.165) is 38.7 Å². The van der Waals surface area contributed by atoms with Gasteiger partial charge in [-0.15, -0.1) is 0 Å². The molecular formula is C30H42Br2I2N2O6. The van der Waals surface area contributed by atoms with Crippen LogP contribution in [0, 0.1) is 7.14 Å². The lowest BCUT2D eigenvalue weighted by Gasteiger charge is -2.38. The molecule has 236 valence electrons. The molecule has 2 unspecified atom stereocenters. The Hall–Kier alpha value is -1.00. The second-order valence-electron chi connectivity index (χ2n) is 11.8. The van der Waals surface area contributed by atoms with E-state index in [9.17, 15) is 14.7 Å². The molecule has 0 aliphatic rings. The van der Waals surface area contributed by atoms with Crippen LogP contribution in [0.5, 0.6) is 11.5 Å². The third kappa shape index (κ3) is 12.9. The van der Waals surface area contributed by atoms with Crippen LogP contribution in [0.1, 0.15) is 66.5 Å². The molecule has 0 radical (unpaired) electrons. The first kappa shape index (κ1) is 39.0. The number of carbonyl (C=O) groups excluding carboxylic acids is 1. The number of halogens is 4. The van der Waals surface area contributed by atoms with Crippen molar-refractivity contribution < 1.29 is 28.9 Å². The minimum Gasteiger partial charge on any atom is -0.496 e. The largest absolute Gasteiger partial charge is 0.496 e. The van der Waals surface area contributed by atoms with E-state index in [2.05, 4.69) is 88.4 Å². The zero-order chi connectivity index (χ0) is 32.6. The van der Waals surface area contributed by atoms with Gasteiger partial charge in [0.25, 0.3) is 0 Å². The monoisotopic (exact) mass is 938 g/mol. The topological polar surface area (TPSA) is 97.3 Å². The predicted molar refractivity (Wildman–Crippen MR) is 192 cm³/mol. The molecule has 0 heterocycles. The van der Waals surface area contributed by atoms with Gasteiger partial charge in [0.15, 0.2) is 0 Å². The highest BCUT2D eigenvalue weighted by Gasteiger charge is 2.31. The summed E-state index contributed by atoms with van der Waals surface area (Å²) in [6, 6.07) is 7.75. The molecule has 2 N–H and O–H groups in total. The molecule has 2 aromatic carbocycles. The maximum Gasteiger partial charge on any atom is 0.407 e. The first-order valence-electron chi connectivity index (χ1n) is 13.3. The van der Waals surface area contributed by atoms with Crippen LogP contribution in [0.25, 0.3) is 0 Å². The Morgan fingerprint density at radius 2 is 1.31 bits per heavy atom. The molecule has 2 rings (SSSR count). The van der Waals surface area contributed by atoms with Gasteiger partial charge in [0.05, 0.1) is 14.2 Å². The zero-order valence-corrected chi connectivity index (χ0v) is 33.3. The Balaban J connectivity index is 0.000000420. The molecule has 0 saturated heterocycles. The van der Waals surface area contributed by atoms with Gasteiger partial charge in [-0.1, -0.05) is 0 Å². The van der Waals surface area contributed by atoms with Crippen molar-refractivity contribution in [2.45, 2.75) is 91.5 Å². The van der Waals surface area contributed by atoms with E-state index in [1.165, 1.54) is 4.90 Å². The van der Waals surface area contributed by atoms with Crippen molar-refractivity contribution in [2.24, 2.45) is 0 Å². The Kier molecular flexibility index (Phi) is 15.7. The third-order valence-electron chi connectivity index (χ3n) is 5.82. The molecule has 2 amide bonds. The smallest absolute Gasteiger partial charge is 0.407 e. The van der Waals surface area contributed by atoms with Crippen molar-refractivity contribution in [3.8, 4) is 11.5 Å². The van der Waals surface area contributed by atoms with Crippen LogP contribution >= 0.6 is 77.0 Å². The van der Waals surface area contributed by atoms with Crippen LogP contribution in [-0.2, 0) is 17.6 Å². The highest BCUT2D eigenvalue weighted by atomic mass is 127. The normalized spacial score (nSPS) is 12.8. The summed E-state index contributed by atoms with van der Waals surface area (Å²) in [5, 5.41) is 12.3. The van der Waals surface area contributed by atoms with Crippen molar-refractivity contribution in [3.63, 3.8) is 0 Å². The summed E-state index contributed by atoms with van der Waals surface area (Å²) in [6.07, 6.45) is -0.0246. The van der Waals surface area contributed by atoms with Crippen LogP contribution in [0.15, 0.2) is 33.2 Å². The van der Waals surface area contributed by atoms with Gasteiger partial charge >= 0.3 is 12.2 Å². The Labute approximate surface area is 294 Å². The molecule has 0 spiro atoms. The van der Waals surface area contributed by atoms with Gasteiger partial charge in [-0.3, -0.25) is 0 Å². The lowest BCUT2D eigenvalue weighted by Crippen LogP contribution is -2.50. The second kappa shape index (κ2) is 16.9. The number of amides is 2. The highest BCUT2D eigenvalue weighted by molar-refractivity contribution is 14.1. The Morgan fingerprint density at radius 3 is 1.67 bits per heavy atom. The number of carboxylic acid groups (broad SMARTS) is 1. The zero-order valence-electron chi connectivity index (χ0n) is 25.8. The fourth-order valence-electron chi connectivity index (χ4n) is 4.27. The highest BCUT2D eigenvalue weighted by Crippen LogP contribution is 2.31. The summed E-state index contributed by atoms with van der Waals surface area (Å²) in [7, 11) is 3.27. The van der Waals surface area contributed by atoms with E-state index in [1.54, 1.807) is 14.2 Å². The number of ether oxygens (including phenoxy) is 3. The van der Waals surface area contributed by atoms with Gasteiger partial charge in [0.1, 0.15) is 17.1 Å². The molecule has 0 fully saturated rings. The van der Waals surface area contributed by atoms with Gasteiger partial charge in [0.2, 0.25) is 0 Å². The lowest BCUT2D eigenvalue weighted by atomic mass is 9.99. The predicted octanol–water partition coefficient (Wildman–Crippen LogP) is 9.29. The summed E-state index contributed by atoms with van der Waals surface area (Å²) in [6.45, 7) is 15.1. The first-order chi connectivity index (χ1) is 19.2. The average molecular weight is 940 g/mol. The maximum atomic E-state index is 11.8. The summed E-state index contributed by atoms with van der Waals surface area (Å²) in [4.78, 5) is 24.8. The van der Waals surface area contributed by atoms with Crippen LogP contribution in [0.3, 0.4) is 0 Å². The van der Waals surface area contributed by atoms with E-state index in [-0.39, 0.29) is 12.1 Å². The van der Waals surface area contributed by atoms with Gasteiger partial charge in [0, 0.05) is 33.7 Å². The van der Waals surface area contributed by atoms with Crippen LogP contribution < -0.4 is 14.8 Å². The van der Waals surface area contributed by atoms with E-state index in [1.807, 2.05) is 73.6 Å². The molecule has 0 aliphatic carbocycles. The fraction of sp³-hybridized carbons (Fsp3) is 0.533. The SMILES string of the molecule is COc1cc(Br)c(I)cc1CC(C)N(C(=O)O)C(C)(C)C.COc1cc(Br)c(I)cc1CC(C)NC(=O)OC(C)(C)C. The molecule has 42 heavy (non-hydrogen) atoms. The van der Waals surface area contributed by atoms with Gasteiger partial charge in [-0.2, -0.15) is 0 Å². The van der Waals surface area contributed by atoms with Crippen LogP contribution in [-0.4, -0.2) is 59.6 Å². The standard InChI is InChI=1S/2C15H21BrINO3/c1-9(18-14(19)21-15(2,3)4)6-10-7-12(17)11(16)8-13(10)20-5;1-9(18(14(19)20)15(2,3)4)6-10-7-12(17)11(16)8-13(10)21-5/h7-9H,6H2,1-5H3,(H,18,19);7-9H,6H2,1-5H3,(H,19,20). The van der Waals surface area contributed by atoms with Crippen LogP contribution in [0.4, 0.5) is 9.59 Å². The minimum atomic E-state index is -0.902. The van der Waals surface area contributed by atoms with Crippen molar-refractivity contribution in [3.05, 3.63) is 51.5 Å². The number of nitrogens with zero attached hydrogens (tertiary/aromatic N) is 1. The number of rotatable bonds is 8. The lowest BCUT2D eigenvalue weighted by molar-refractivity contribution is 0.0507. The van der Waals surface area contributed by atoms with Crippen molar-refractivity contribution in [1.82, 2.24) is 10.2 Å². The molecule has 8 nitrogen and oxygen atoms in total. The van der Waals surface area contributed by atoms with E-state index >= 15 is 0 Å². The summed E-state index contributed by atoms with van der Waals surface area (Å²) in [5.74, 6) is 1.58. The van der Waals surface area contributed by atoms with Crippen molar-refractivity contribution in [2.75, 3.05) is 14.2 Å². The van der Waals surface area contributed by atoms with E-state index in [0.29, 0.717) is 12.8 Å². The number of hydrogen-bond donors (Lipinski definition) is 2. The van der Waals surface area contributed by atoms with Crippen molar-refractivity contribution >= 4 is 89.2 Å². The van der Waals surface area contributed by atoms with E-state index in [4.69, 9.17) is 14.2 Å². The number of carbonyl (C=O) groups is 2.